The van der Waals surface area contributed by atoms with Crippen LogP contribution in [0.2, 0.25) is 0 Å². The molecular weight excluding hydrogens is 249 g/mol. The first-order valence-corrected chi connectivity index (χ1v) is 6.09. The van der Waals surface area contributed by atoms with Gasteiger partial charge >= 0.3 is 6.09 Å². The number of carbonyl (C=O) groups is 1. The van der Waals surface area contributed by atoms with Gasteiger partial charge < -0.3 is 15.8 Å². The molecule has 6 heteroatoms. The summed E-state index contributed by atoms with van der Waals surface area (Å²) in [6.07, 6.45) is 2.54. The predicted molar refractivity (Wildman–Crippen MR) is 70.1 cm³/mol. The van der Waals surface area contributed by atoms with E-state index in [4.69, 9.17) is 10.5 Å². The molecule has 0 spiro atoms. The fourth-order valence-electron chi connectivity index (χ4n) is 1.52. The third-order valence-corrected chi connectivity index (χ3v) is 2.25. The van der Waals surface area contributed by atoms with Crippen molar-refractivity contribution >= 4 is 6.09 Å². The summed E-state index contributed by atoms with van der Waals surface area (Å²) in [6.45, 7) is 5.57. The number of pyridine rings is 1. The molecular formula is C13H20FN3O2. The average Bonchev–Trinajstić information content (AvgIpc) is 2.25. The van der Waals surface area contributed by atoms with Crippen molar-refractivity contribution in [3.63, 3.8) is 0 Å². The minimum atomic E-state index is -0.566. The quantitative estimate of drug-likeness (QED) is 0.870. The lowest BCUT2D eigenvalue weighted by Gasteiger charge is -2.23. The van der Waals surface area contributed by atoms with Crippen molar-refractivity contribution in [2.24, 2.45) is 5.73 Å². The minimum absolute atomic E-state index is 0.232. The van der Waals surface area contributed by atoms with Crippen molar-refractivity contribution in [2.75, 3.05) is 6.54 Å². The number of rotatable bonds is 4. The van der Waals surface area contributed by atoms with Crippen molar-refractivity contribution in [1.29, 1.82) is 0 Å². The summed E-state index contributed by atoms with van der Waals surface area (Å²) in [6, 6.07) is 1.05. The highest BCUT2D eigenvalue weighted by atomic mass is 19.1. The Bertz CT molecular complexity index is 432. The molecule has 106 valence electrons. The second kappa shape index (κ2) is 6.47. The van der Waals surface area contributed by atoms with Gasteiger partial charge in [-0.2, -0.15) is 0 Å². The Morgan fingerprint density at radius 1 is 1.53 bits per heavy atom. The maximum atomic E-state index is 13.0. The number of nitrogens with two attached hydrogens (primary N) is 1. The Morgan fingerprint density at radius 2 is 2.21 bits per heavy atom. The standard InChI is InChI=1S/C13H20FN3O2/c1-13(2,3)19-12(18)17-11(6-15)5-9-4-10(14)8-16-7-9/h4,7-8,11H,5-6,15H2,1-3H3,(H,17,18). The smallest absolute Gasteiger partial charge is 0.407 e. The molecule has 1 amide bonds. The van der Waals surface area contributed by atoms with Crippen LogP contribution >= 0.6 is 0 Å². The van der Waals surface area contributed by atoms with E-state index in [0.717, 1.165) is 6.20 Å². The van der Waals surface area contributed by atoms with Crippen molar-refractivity contribution in [1.82, 2.24) is 10.3 Å². The molecule has 1 aromatic rings. The molecule has 0 aromatic carbocycles. The fraction of sp³-hybridized carbons (Fsp3) is 0.538. The first kappa shape index (κ1) is 15.4. The molecule has 0 fully saturated rings. The Morgan fingerprint density at radius 3 is 2.74 bits per heavy atom. The maximum absolute atomic E-state index is 13.0. The summed E-state index contributed by atoms with van der Waals surface area (Å²) in [5.74, 6) is -0.412. The third-order valence-electron chi connectivity index (χ3n) is 2.25. The first-order valence-electron chi connectivity index (χ1n) is 6.09. The molecule has 1 aromatic heterocycles. The topological polar surface area (TPSA) is 77.2 Å². The van der Waals surface area contributed by atoms with Crippen molar-refractivity contribution < 1.29 is 13.9 Å². The van der Waals surface area contributed by atoms with E-state index in [9.17, 15) is 9.18 Å². The van der Waals surface area contributed by atoms with Crippen LogP contribution in [0.15, 0.2) is 18.5 Å². The zero-order chi connectivity index (χ0) is 14.5. The van der Waals surface area contributed by atoms with E-state index in [-0.39, 0.29) is 12.6 Å². The summed E-state index contributed by atoms with van der Waals surface area (Å²) >= 11 is 0. The van der Waals surface area contributed by atoms with Gasteiger partial charge in [-0.3, -0.25) is 4.98 Å². The van der Waals surface area contributed by atoms with Gasteiger partial charge in [-0.25, -0.2) is 9.18 Å². The molecule has 3 N–H and O–H groups in total. The molecule has 0 saturated heterocycles. The van der Waals surface area contributed by atoms with Gasteiger partial charge in [0.1, 0.15) is 11.4 Å². The van der Waals surface area contributed by atoms with Gasteiger partial charge in [0.05, 0.1) is 6.20 Å². The van der Waals surface area contributed by atoms with Gasteiger partial charge in [-0.15, -0.1) is 0 Å². The Balaban J connectivity index is 2.57. The van der Waals surface area contributed by atoms with E-state index in [0.29, 0.717) is 12.0 Å². The van der Waals surface area contributed by atoms with Gasteiger partial charge in [-0.05, 0) is 38.8 Å². The fourth-order valence-corrected chi connectivity index (χ4v) is 1.52. The Kier molecular flexibility index (Phi) is 5.23. The van der Waals surface area contributed by atoms with Gasteiger partial charge in [0.25, 0.3) is 0 Å². The summed E-state index contributed by atoms with van der Waals surface area (Å²) in [4.78, 5) is 15.4. The molecule has 0 aliphatic heterocycles. The zero-order valence-electron chi connectivity index (χ0n) is 11.4. The third kappa shape index (κ3) is 6.15. The Labute approximate surface area is 112 Å². The molecule has 1 heterocycles. The van der Waals surface area contributed by atoms with E-state index >= 15 is 0 Å². The molecule has 0 saturated carbocycles. The van der Waals surface area contributed by atoms with Crippen molar-refractivity contribution in [3.8, 4) is 0 Å². The number of alkyl carbamates (subject to hydrolysis) is 1. The lowest BCUT2D eigenvalue weighted by atomic mass is 10.1. The lowest BCUT2D eigenvalue weighted by Crippen LogP contribution is -2.44. The monoisotopic (exact) mass is 269 g/mol. The largest absolute Gasteiger partial charge is 0.444 e. The van der Waals surface area contributed by atoms with E-state index in [2.05, 4.69) is 10.3 Å². The number of nitrogens with one attached hydrogen (secondary N) is 1. The maximum Gasteiger partial charge on any atom is 0.407 e. The molecule has 0 bridgehead atoms. The number of carbonyl (C=O) groups excluding carboxylic acids is 1. The second-order valence-electron chi connectivity index (χ2n) is 5.29. The number of amides is 1. The summed E-state index contributed by atoms with van der Waals surface area (Å²) in [7, 11) is 0. The molecule has 0 aliphatic rings. The molecule has 5 nitrogen and oxygen atoms in total. The van der Waals surface area contributed by atoms with Gasteiger partial charge in [0.2, 0.25) is 0 Å². The normalized spacial score (nSPS) is 12.9. The minimum Gasteiger partial charge on any atom is -0.444 e. The molecule has 0 aliphatic carbocycles. The number of aromatic nitrogens is 1. The first-order chi connectivity index (χ1) is 8.80. The van der Waals surface area contributed by atoms with Crippen molar-refractivity contribution in [2.45, 2.75) is 38.8 Å². The number of hydrogen-bond donors (Lipinski definition) is 2. The zero-order valence-corrected chi connectivity index (χ0v) is 11.4. The van der Waals surface area contributed by atoms with E-state index in [1.165, 1.54) is 6.07 Å². The van der Waals surface area contributed by atoms with Crippen LogP contribution in [0.25, 0.3) is 0 Å². The average molecular weight is 269 g/mol. The number of halogens is 1. The Hall–Kier alpha value is -1.69. The van der Waals surface area contributed by atoms with Crippen LogP contribution < -0.4 is 11.1 Å². The van der Waals surface area contributed by atoms with E-state index in [1.54, 1.807) is 27.0 Å². The second-order valence-corrected chi connectivity index (χ2v) is 5.29. The number of nitrogens with zero attached hydrogens (tertiary/aromatic N) is 1. The van der Waals surface area contributed by atoms with E-state index < -0.39 is 17.5 Å². The van der Waals surface area contributed by atoms with Crippen LogP contribution in [-0.2, 0) is 11.2 Å². The number of hydrogen-bond acceptors (Lipinski definition) is 4. The summed E-state index contributed by atoms with van der Waals surface area (Å²) in [5.41, 5.74) is 5.69. The van der Waals surface area contributed by atoms with Crippen molar-refractivity contribution in [3.05, 3.63) is 29.8 Å². The van der Waals surface area contributed by atoms with Crippen LogP contribution in [0.1, 0.15) is 26.3 Å². The molecule has 19 heavy (non-hydrogen) atoms. The highest BCUT2D eigenvalue weighted by Crippen LogP contribution is 2.08. The van der Waals surface area contributed by atoms with Crippen LogP contribution in [0.5, 0.6) is 0 Å². The van der Waals surface area contributed by atoms with Crippen LogP contribution in [0.4, 0.5) is 9.18 Å². The van der Waals surface area contributed by atoms with Gasteiger partial charge in [0, 0.05) is 18.8 Å². The molecule has 1 rings (SSSR count). The van der Waals surface area contributed by atoms with Gasteiger partial charge in [-0.1, -0.05) is 0 Å². The highest BCUT2D eigenvalue weighted by molar-refractivity contribution is 5.68. The summed E-state index contributed by atoms with van der Waals surface area (Å²) in [5, 5.41) is 2.65. The van der Waals surface area contributed by atoms with Gasteiger partial charge in [0.15, 0.2) is 0 Å². The SMILES string of the molecule is CC(C)(C)OC(=O)NC(CN)Cc1cncc(F)c1. The molecule has 0 radical (unpaired) electrons. The van der Waals surface area contributed by atoms with Crippen LogP contribution in [0, 0.1) is 5.82 Å². The highest BCUT2D eigenvalue weighted by Gasteiger charge is 2.19. The van der Waals surface area contributed by atoms with E-state index in [1.807, 2.05) is 0 Å². The molecule has 1 atom stereocenters. The molecule has 1 unspecified atom stereocenters. The predicted octanol–water partition coefficient (Wildman–Crippen LogP) is 1.62. The van der Waals surface area contributed by atoms with Crippen LogP contribution in [0.3, 0.4) is 0 Å². The van der Waals surface area contributed by atoms with Crippen LogP contribution in [-0.4, -0.2) is 29.3 Å². The lowest BCUT2D eigenvalue weighted by molar-refractivity contribution is 0.0506. The summed E-state index contributed by atoms with van der Waals surface area (Å²) < 4.78 is 18.1. The number of ether oxygens (including phenoxy) is 1.